The minimum atomic E-state index is -0.292. The van der Waals surface area contributed by atoms with Crippen molar-refractivity contribution >= 4 is 5.97 Å². The molecule has 1 aromatic heterocycles. The number of carbonyl (C=O) groups is 1. The van der Waals surface area contributed by atoms with E-state index in [1.807, 2.05) is 16.9 Å². The summed E-state index contributed by atoms with van der Waals surface area (Å²) in [6, 6.07) is 5.64. The van der Waals surface area contributed by atoms with Crippen LogP contribution in [0.5, 0.6) is 5.75 Å². The van der Waals surface area contributed by atoms with Crippen molar-refractivity contribution in [3.8, 4) is 16.9 Å². The van der Waals surface area contributed by atoms with Crippen LogP contribution in [0.2, 0.25) is 0 Å². The number of phenols is 1. The topological polar surface area (TPSA) is 64.3 Å². The van der Waals surface area contributed by atoms with Gasteiger partial charge in [0.25, 0.3) is 0 Å². The summed E-state index contributed by atoms with van der Waals surface area (Å²) in [5.41, 5.74) is 2.39. The average molecular weight is 314 g/mol. The molecule has 1 N–H and O–H groups in total. The smallest absolute Gasteiger partial charge is 0.309 e. The number of rotatable bonds is 4. The van der Waals surface area contributed by atoms with Crippen molar-refractivity contribution < 1.29 is 14.6 Å². The third-order valence-electron chi connectivity index (χ3n) is 4.50. The largest absolute Gasteiger partial charge is 0.507 e. The maximum atomic E-state index is 11.4. The number of aromatic nitrogens is 2. The quantitative estimate of drug-likeness (QED) is 0.878. The summed E-state index contributed by atoms with van der Waals surface area (Å²) >= 11 is 0. The lowest BCUT2D eigenvalue weighted by Gasteiger charge is -2.21. The molecule has 5 nitrogen and oxygen atoms in total. The number of methoxy groups -OCH3 is 1. The van der Waals surface area contributed by atoms with E-state index in [4.69, 9.17) is 4.74 Å². The molecule has 5 heteroatoms. The van der Waals surface area contributed by atoms with Gasteiger partial charge < -0.3 is 9.84 Å². The molecule has 0 amide bonds. The second kappa shape index (κ2) is 6.86. The maximum absolute atomic E-state index is 11.4. The number of hydrogen-bond acceptors (Lipinski definition) is 4. The minimum Gasteiger partial charge on any atom is -0.507 e. The van der Waals surface area contributed by atoms with Gasteiger partial charge in [0.05, 0.1) is 25.8 Å². The van der Waals surface area contributed by atoms with E-state index in [0.717, 1.165) is 24.0 Å². The number of ether oxygens (including phenoxy) is 1. The highest BCUT2D eigenvalue weighted by molar-refractivity contribution is 5.75. The zero-order valence-electron chi connectivity index (χ0n) is 13.4. The molecule has 1 saturated carbocycles. The van der Waals surface area contributed by atoms with Crippen LogP contribution in [-0.2, 0) is 16.0 Å². The second-order valence-electron chi connectivity index (χ2n) is 6.11. The number of hydrogen-bond donors (Lipinski definition) is 1. The monoisotopic (exact) mass is 314 g/mol. The first-order valence-corrected chi connectivity index (χ1v) is 8.10. The first-order valence-electron chi connectivity index (χ1n) is 8.10. The molecule has 1 aliphatic carbocycles. The zero-order chi connectivity index (χ0) is 16.2. The van der Waals surface area contributed by atoms with Crippen LogP contribution in [0, 0.1) is 0 Å². The number of aromatic hydroxyl groups is 1. The van der Waals surface area contributed by atoms with E-state index < -0.39 is 0 Å². The second-order valence-corrected chi connectivity index (χ2v) is 6.11. The Morgan fingerprint density at radius 2 is 2.13 bits per heavy atom. The summed E-state index contributed by atoms with van der Waals surface area (Å²) in [6.07, 6.45) is 10.1. The van der Waals surface area contributed by atoms with E-state index in [1.54, 1.807) is 18.3 Å². The summed E-state index contributed by atoms with van der Waals surface area (Å²) in [5, 5.41) is 14.6. The highest BCUT2D eigenvalue weighted by Gasteiger charge is 2.17. The van der Waals surface area contributed by atoms with Gasteiger partial charge in [0.2, 0.25) is 0 Å². The van der Waals surface area contributed by atoms with E-state index in [0.29, 0.717) is 11.6 Å². The number of carbonyl (C=O) groups excluding carboxylic acids is 1. The van der Waals surface area contributed by atoms with Crippen LogP contribution in [0.25, 0.3) is 11.1 Å². The minimum absolute atomic E-state index is 0.195. The molecule has 1 aliphatic rings. The molecular formula is C18H22N2O3. The fourth-order valence-corrected chi connectivity index (χ4v) is 3.19. The Morgan fingerprint density at radius 1 is 1.35 bits per heavy atom. The first kappa shape index (κ1) is 15.6. The lowest BCUT2D eigenvalue weighted by atomic mass is 9.96. The Bertz CT molecular complexity index is 687. The molecular weight excluding hydrogens is 292 g/mol. The number of phenolic OH excluding ortho intramolecular Hbond substituents is 1. The van der Waals surface area contributed by atoms with E-state index in [9.17, 15) is 9.90 Å². The first-order chi connectivity index (χ1) is 11.2. The molecule has 122 valence electrons. The fourth-order valence-electron chi connectivity index (χ4n) is 3.19. The van der Waals surface area contributed by atoms with Crippen LogP contribution in [0.15, 0.2) is 30.6 Å². The Hall–Kier alpha value is -2.30. The van der Waals surface area contributed by atoms with Crippen LogP contribution >= 0.6 is 0 Å². The van der Waals surface area contributed by atoms with Crippen LogP contribution in [0.3, 0.4) is 0 Å². The summed E-state index contributed by atoms with van der Waals surface area (Å²) in [7, 11) is 1.37. The normalized spacial score (nSPS) is 15.5. The van der Waals surface area contributed by atoms with Gasteiger partial charge in [0.1, 0.15) is 5.75 Å². The molecule has 1 aromatic carbocycles. The highest BCUT2D eigenvalue weighted by atomic mass is 16.5. The van der Waals surface area contributed by atoms with Crippen LogP contribution < -0.4 is 0 Å². The Morgan fingerprint density at radius 3 is 2.87 bits per heavy atom. The van der Waals surface area contributed by atoms with Crippen LogP contribution in [-0.4, -0.2) is 28.0 Å². The van der Waals surface area contributed by atoms with Crippen molar-refractivity contribution in [1.82, 2.24) is 9.78 Å². The van der Waals surface area contributed by atoms with E-state index >= 15 is 0 Å². The van der Waals surface area contributed by atoms with Gasteiger partial charge in [-0.15, -0.1) is 0 Å². The average Bonchev–Trinajstić information content (AvgIpc) is 3.07. The molecule has 0 radical (unpaired) electrons. The molecule has 0 spiro atoms. The van der Waals surface area contributed by atoms with Crippen molar-refractivity contribution in [2.75, 3.05) is 7.11 Å². The lowest BCUT2D eigenvalue weighted by molar-refractivity contribution is -0.139. The molecule has 3 rings (SSSR count). The molecule has 2 aromatic rings. The lowest BCUT2D eigenvalue weighted by Crippen LogP contribution is -2.12. The summed E-state index contributed by atoms with van der Waals surface area (Å²) in [6.45, 7) is 0. The molecule has 0 unspecified atom stereocenters. The molecule has 0 atom stereocenters. The van der Waals surface area contributed by atoms with E-state index in [2.05, 4.69) is 5.10 Å². The van der Waals surface area contributed by atoms with Crippen molar-refractivity contribution in [1.29, 1.82) is 0 Å². The van der Waals surface area contributed by atoms with Gasteiger partial charge >= 0.3 is 5.97 Å². The Balaban J connectivity index is 1.84. The predicted molar refractivity (Wildman–Crippen MR) is 87.2 cm³/mol. The van der Waals surface area contributed by atoms with Gasteiger partial charge in [0, 0.05) is 17.3 Å². The zero-order valence-corrected chi connectivity index (χ0v) is 13.4. The van der Waals surface area contributed by atoms with Crippen molar-refractivity contribution in [2.45, 2.75) is 44.6 Å². The van der Waals surface area contributed by atoms with Crippen molar-refractivity contribution in [2.24, 2.45) is 0 Å². The molecule has 0 saturated heterocycles. The van der Waals surface area contributed by atoms with Gasteiger partial charge in [-0.3, -0.25) is 9.48 Å². The van der Waals surface area contributed by atoms with E-state index in [-0.39, 0.29) is 18.1 Å². The standard InChI is InChI=1S/C18H22N2O3/c1-23-18(22)10-13-7-8-17(21)16(9-13)14-11-19-20(12-14)15-5-3-2-4-6-15/h7-9,11-12,15,21H,2-6,10H2,1H3. The number of esters is 1. The number of benzene rings is 1. The van der Waals surface area contributed by atoms with Crippen LogP contribution in [0.1, 0.15) is 43.7 Å². The number of nitrogens with zero attached hydrogens (tertiary/aromatic N) is 2. The van der Waals surface area contributed by atoms with Crippen molar-refractivity contribution in [3.63, 3.8) is 0 Å². The summed E-state index contributed by atoms with van der Waals surface area (Å²) < 4.78 is 6.71. The Labute approximate surface area is 135 Å². The van der Waals surface area contributed by atoms with Gasteiger partial charge in [-0.2, -0.15) is 5.10 Å². The third kappa shape index (κ3) is 3.55. The fraction of sp³-hybridized carbons (Fsp3) is 0.444. The van der Waals surface area contributed by atoms with Gasteiger partial charge in [-0.25, -0.2) is 0 Å². The summed E-state index contributed by atoms with van der Waals surface area (Å²) in [4.78, 5) is 11.4. The van der Waals surface area contributed by atoms with Crippen LogP contribution in [0.4, 0.5) is 0 Å². The van der Waals surface area contributed by atoms with Gasteiger partial charge in [-0.05, 0) is 30.5 Å². The SMILES string of the molecule is COC(=O)Cc1ccc(O)c(-c2cnn(C3CCCCC3)c2)c1. The third-order valence-corrected chi connectivity index (χ3v) is 4.50. The molecule has 1 heterocycles. The molecule has 23 heavy (non-hydrogen) atoms. The molecule has 0 aliphatic heterocycles. The van der Waals surface area contributed by atoms with Gasteiger partial charge in [0.15, 0.2) is 0 Å². The predicted octanol–water partition coefficient (Wildman–Crippen LogP) is 3.48. The maximum Gasteiger partial charge on any atom is 0.309 e. The highest BCUT2D eigenvalue weighted by Crippen LogP contribution is 2.33. The molecule has 0 bridgehead atoms. The van der Waals surface area contributed by atoms with Gasteiger partial charge in [-0.1, -0.05) is 25.3 Å². The van der Waals surface area contributed by atoms with Crippen molar-refractivity contribution in [3.05, 3.63) is 36.2 Å². The van der Waals surface area contributed by atoms with E-state index in [1.165, 1.54) is 26.4 Å². The molecule has 1 fully saturated rings. The summed E-state index contributed by atoms with van der Waals surface area (Å²) in [5.74, 6) is -0.0960. The Kier molecular flexibility index (Phi) is 4.65.